The van der Waals surface area contributed by atoms with Gasteiger partial charge in [-0.2, -0.15) is 4.52 Å². The Morgan fingerprint density at radius 3 is 2.41 bits per heavy atom. The van der Waals surface area contributed by atoms with Crippen LogP contribution < -0.4 is 9.64 Å². The molecule has 5 rings (SSSR count). The molecule has 166 valence electrons. The van der Waals surface area contributed by atoms with Gasteiger partial charge in [-0.1, -0.05) is 41.7 Å². The van der Waals surface area contributed by atoms with Crippen LogP contribution in [0.5, 0.6) is 11.6 Å². The van der Waals surface area contributed by atoms with E-state index in [1.165, 1.54) is 17.0 Å². The van der Waals surface area contributed by atoms with E-state index >= 15 is 0 Å². The van der Waals surface area contributed by atoms with Crippen molar-refractivity contribution in [1.29, 1.82) is 0 Å². The van der Waals surface area contributed by atoms with Crippen molar-refractivity contribution in [2.75, 3.05) is 37.7 Å². The fourth-order valence-electron chi connectivity index (χ4n) is 4.34. The molecule has 1 N–H and O–H groups in total. The Bertz CT molecular complexity index is 1180. The SMILES string of the molecule is CCOc1ccc(C(c2sc3nc(C)nn3c2O)N2CCN(c3ccccc3)CC2)cc1. The first kappa shape index (κ1) is 20.8. The van der Waals surface area contributed by atoms with Crippen LogP contribution in [0, 0.1) is 6.92 Å². The van der Waals surface area contributed by atoms with Crippen LogP contribution in [0.25, 0.3) is 4.96 Å². The zero-order chi connectivity index (χ0) is 22.1. The van der Waals surface area contributed by atoms with Crippen molar-refractivity contribution in [2.24, 2.45) is 0 Å². The number of anilines is 1. The molecule has 0 aliphatic carbocycles. The molecule has 32 heavy (non-hydrogen) atoms. The van der Waals surface area contributed by atoms with Crippen LogP contribution in [-0.4, -0.2) is 57.4 Å². The number of piperazine rings is 1. The number of aryl methyl sites for hydroxylation is 1. The number of aromatic nitrogens is 3. The normalized spacial score (nSPS) is 15.9. The molecule has 8 heteroatoms. The molecule has 2 aromatic carbocycles. The van der Waals surface area contributed by atoms with E-state index < -0.39 is 0 Å². The Labute approximate surface area is 191 Å². The number of para-hydroxylation sites is 1. The van der Waals surface area contributed by atoms with E-state index in [-0.39, 0.29) is 11.9 Å². The smallest absolute Gasteiger partial charge is 0.230 e. The monoisotopic (exact) mass is 449 g/mol. The Hall–Kier alpha value is -3.10. The quantitative estimate of drug-likeness (QED) is 0.478. The molecule has 1 unspecified atom stereocenters. The minimum Gasteiger partial charge on any atom is -0.494 e. The van der Waals surface area contributed by atoms with Gasteiger partial charge in [-0.3, -0.25) is 4.90 Å². The highest BCUT2D eigenvalue weighted by molar-refractivity contribution is 7.17. The predicted molar refractivity (Wildman–Crippen MR) is 127 cm³/mol. The fourth-order valence-corrected chi connectivity index (χ4v) is 5.51. The third-order valence-corrected chi connectivity index (χ3v) is 6.93. The Morgan fingerprint density at radius 2 is 1.75 bits per heavy atom. The highest BCUT2D eigenvalue weighted by Gasteiger charge is 2.31. The summed E-state index contributed by atoms with van der Waals surface area (Å²) in [6, 6.07) is 18.7. The lowest BCUT2D eigenvalue weighted by atomic mass is 10.0. The maximum absolute atomic E-state index is 11.0. The topological polar surface area (TPSA) is 66.1 Å². The summed E-state index contributed by atoms with van der Waals surface area (Å²) in [6.07, 6.45) is 0. The summed E-state index contributed by atoms with van der Waals surface area (Å²) < 4.78 is 7.19. The van der Waals surface area contributed by atoms with Gasteiger partial charge in [0.1, 0.15) is 11.6 Å². The average Bonchev–Trinajstić information content (AvgIpc) is 3.33. The standard InChI is InChI=1S/C24H27N5O2S/c1-3-31-20-11-9-18(10-12-20)21(22-23(30)29-24(32-22)25-17(2)26-29)28-15-13-27(14-16-28)19-7-5-4-6-8-19/h4-12,21,30H,3,13-16H2,1-2H3. The van der Waals surface area contributed by atoms with Crippen LogP contribution in [0.3, 0.4) is 0 Å². The van der Waals surface area contributed by atoms with E-state index in [1.807, 2.05) is 32.0 Å². The summed E-state index contributed by atoms with van der Waals surface area (Å²) >= 11 is 1.51. The fraction of sp³-hybridized carbons (Fsp3) is 0.333. The second-order valence-corrected chi connectivity index (χ2v) is 8.92. The van der Waals surface area contributed by atoms with Gasteiger partial charge in [0, 0.05) is 31.9 Å². The molecular weight excluding hydrogens is 422 g/mol. The van der Waals surface area contributed by atoms with E-state index in [1.54, 1.807) is 4.52 Å². The number of benzene rings is 2. The van der Waals surface area contributed by atoms with Crippen LogP contribution in [0.15, 0.2) is 54.6 Å². The minimum atomic E-state index is -0.0718. The lowest BCUT2D eigenvalue weighted by Gasteiger charge is -2.40. The number of rotatable bonds is 6. The molecule has 1 atom stereocenters. The number of aromatic hydroxyl groups is 1. The first-order valence-electron chi connectivity index (χ1n) is 11.0. The van der Waals surface area contributed by atoms with E-state index in [0.717, 1.165) is 42.4 Å². The first-order chi connectivity index (χ1) is 15.6. The van der Waals surface area contributed by atoms with Crippen molar-refractivity contribution in [2.45, 2.75) is 19.9 Å². The van der Waals surface area contributed by atoms with E-state index in [2.05, 4.69) is 56.3 Å². The molecule has 3 heterocycles. The van der Waals surface area contributed by atoms with Crippen molar-refractivity contribution in [1.82, 2.24) is 19.5 Å². The van der Waals surface area contributed by atoms with Gasteiger partial charge in [-0.15, -0.1) is 5.10 Å². The van der Waals surface area contributed by atoms with Crippen LogP contribution in [0.4, 0.5) is 5.69 Å². The largest absolute Gasteiger partial charge is 0.494 e. The van der Waals surface area contributed by atoms with Crippen molar-refractivity contribution in [3.63, 3.8) is 0 Å². The summed E-state index contributed by atoms with van der Waals surface area (Å²) in [7, 11) is 0. The van der Waals surface area contributed by atoms with Gasteiger partial charge < -0.3 is 14.7 Å². The predicted octanol–water partition coefficient (Wildman–Crippen LogP) is 4.12. The van der Waals surface area contributed by atoms with Crippen LogP contribution >= 0.6 is 11.3 Å². The van der Waals surface area contributed by atoms with Crippen LogP contribution in [0.2, 0.25) is 0 Å². The summed E-state index contributed by atoms with van der Waals surface area (Å²) in [6.45, 7) is 8.09. The van der Waals surface area contributed by atoms with E-state index in [9.17, 15) is 5.11 Å². The van der Waals surface area contributed by atoms with Crippen molar-refractivity contribution >= 4 is 22.0 Å². The molecule has 0 radical (unpaired) electrons. The molecule has 1 aliphatic heterocycles. The maximum Gasteiger partial charge on any atom is 0.230 e. The second-order valence-electron chi connectivity index (χ2n) is 7.91. The molecule has 0 bridgehead atoms. The number of thiazole rings is 1. The molecule has 1 aliphatic rings. The average molecular weight is 450 g/mol. The third-order valence-electron chi connectivity index (χ3n) is 5.86. The lowest BCUT2D eigenvalue weighted by Crippen LogP contribution is -2.47. The zero-order valence-electron chi connectivity index (χ0n) is 18.3. The van der Waals surface area contributed by atoms with Gasteiger partial charge in [0.15, 0.2) is 0 Å². The molecule has 0 spiro atoms. The summed E-state index contributed by atoms with van der Waals surface area (Å²) in [5.41, 5.74) is 2.38. The van der Waals surface area contributed by atoms with Crippen LogP contribution in [0.1, 0.15) is 29.2 Å². The van der Waals surface area contributed by atoms with E-state index in [4.69, 9.17) is 4.74 Å². The summed E-state index contributed by atoms with van der Waals surface area (Å²) in [4.78, 5) is 10.9. The molecule has 4 aromatic rings. The molecule has 2 aromatic heterocycles. The molecule has 0 saturated carbocycles. The first-order valence-corrected chi connectivity index (χ1v) is 11.8. The number of fused-ring (bicyclic) bond motifs is 1. The minimum absolute atomic E-state index is 0.0718. The van der Waals surface area contributed by atoms with Crippen LogP contribution in [-0.2, 0) is 0 Å². The maximum atomic E-state index is 11.0. The molecule has 7 nitrogen and oxygen atoms in total. The number of hydrogen-bond acceptors (Lipinski definition) is 7. The summed E-state index contributed by atoms with van der Waals surface area (Å²) in [5, 5.41) is 15.4. The molecule has 1 saturated heterocycles. The summed E-state index contributed by atoms with van der Waals surface area (Å²) in [5.74, 6) is 1.69. The Kier molecular flexibility index (Phi) is 5.71. The van der Waals surface area contributed by atoms with Crippen molar-refractivity contribution in [3.8, 4) is 11.6 Å². The highest BCUT2D eigenvalue weighted by atomic mass is 32.1. The number of hydrogen-bond donors (Lipinski definition) is 1. The Balaban J connectivity index is 1.47. The third kappa shape index (κ3) is 3.91. The van der Waals surface area contributed by atoms with Gasteiger partial charge >= 0.3 is 0 Å². The Morgan fingerprint density at radius 1 is 1.03 bits per heavy atom. The number of ether oxygens (including phenoxy) is 1. The molecule has 0 amide bonds. The number of nitrogens with zero attached hydrogens (tertiary/aromatic N) is 5. The van der Waals surface area contributed by atoms with E-state index in [0.29, 0.717) is 17.4 Å². The van der Waals surface area contributed by atoms with Gasteiger partial charge in [-0.05, 0) is 43.7 Å². The van der Waals surface area contributed by atoms with Gasteiger partial charge in [0.25, 0.3) is 0 Å². The van der Waals surface area contributed by atoms with Gasteiger partial charge in [0.2, 0.25) is 10.8 Å². The lowest BCUT2D eigenvalue weighted by molar-refractivity contribution is 0.211. The molecule has 1 fully saturated rings. The second kappa shape index (κ2) is 8.80. The highest BCUT2D eigenvalue weighted by Crippen LogP contribution is 2.40. The van der Waals surface area contributed by atoms with Crippen molar-refractivity contribution in [3.05, 3.63) is 70.9 Å². The van der Waals surface area contributed by atoms with Gasteiger partial charge in [-0.25, -0.2) is 4.98 Å². The van der Waals surface area contributed by atoms with Crippen molar-refractivity contribution < 1.29 is 9.84 Å². The molecular formula is C24H27N5O2S. The zero-order valence-corrected chi connectivity index (χ0v) is 19.1. The van der Waals surface area contributed by atoms with Gasteiger partial charge in [0.05, 0.1) is 17.5 Å².